The van der Waals surface area contributed by atoms with Crippen LogP contribution in [0.15, 0.2) is 42.5 Å². The summed E-state index contributed by atoms with van der Waals surface area (Å²) < 4.78 is 0. The van der Waals surface area contributed by atoms with Crippen LogP contribution < -0.4 is 16.0 Å². The zero-order chi connectivity index (χ0) is 15.9. The van der Waals surface area contributed by atoms with Crippen LogP contribution in [0.25, 0.3) is 10.8 Å². The Balaban J connectivity index is 1.95. The fourth-order valence-corrected chi connectivity index (χ4v) is 2.31. The summed E-state index contributed by atoms with van der Waals surface area (Å²) in [6, 6.07) is 14.4. The first-order chi connectivity index (χ1) is 10.6. The molecule has 0 saturated heterocycles. The number of carbonyl (C=O) groups excluding carboxylic acids is 2. The maximum absolute atomic E-state index is 11.7. The van der Waals surface area contributed by atoms with Gasteiger partial charge in [0.2, 0.25) is 11.8 Å². The first-order valence-electron chi connectivity index (χ1n) is 7.30. The van der Waals surface area contributed by atoms with Crippen LogP contribution in [-0.2, 0) is 9.59 Å². The third-order valence-electron chi connectivity index (χ3n) is 3.58. The van der Waals surface area contributed by atoms with Crippen LogP contribution in [0.1, 0.15) is 18.5 Å². The number of fused-ring (bicyclic) bond motifs is 1. The first-order valence-corrected chi connectivity index (χ1v) is 7.30. The molecular weight excluding hydrogens is 278 g/mol. The Kier molecular flexibility index (Phi) is 5.49. The number of carbonyl (C=O) groups is 2. The lowest BCUT2D eigenvalue weighted by atomic mass is 10.00. The van der Waals surface area contributed by atoms with Crippen molar-refractivity contribution in [2.75, 3.05) is 20.1 Å². The predicted molar refractivity (Wildman–Crippen MR) is 87.4 cm³/mol. The molecule has 0 heterocycles. The second-order valence-electron chi connectivity index (χ2n) is 5.12. The molecule has 5 heteroatoms. The average Bonchev–Trinajstić information content (AvgIpc) is 2.56. The van der Waals surface area contributed by atoms with Gasteiger partial charge in [0.25, 0.3) is 0 Å². The van der Waals surface area contributed by atoms with Gasteiger partial charge in [-0.25, -0.2) is 0 Å². The van der Waals surface area contributed by atoms with E-state index in [-0.39, 0.29) is 30.9 Å². The molecule has 22 heavy (non-hydrogen) atoms. The highest BCUT2D eigenvalue weighted by atomic mass is 16.2. The Bertz CT molecular complexity index is 665. The number of likely N-dealkylation sites (N-methyl/N-ethyl adjacent to an activating group) is 1. The van der Waals surface area contributed by atoms with E-state index in [1.807, 2.05) is 25.1 Å². The predicted octanol–water partition coefficient (Wildman–Crippen LogP) is 1.35. The van der Waals surface area contributed by atoms with Gasteiger partial charge in [-0.15, -0.1) is 0 Å². The van der Waals surface area contributed by atoms with E-state index < -0.39 is 0 Å². The molecule has 3 N–H and O–H groups in total. The molecule has 5 nitrogen and oxygen atoms in total. The molecule has 0 bridgehead atoms. The fourth-order valence-electron chi connectivity index (χ4n) is 2.31. The molecule has 116 valence electrons. The van der Waals surface area contributed by atoms with E-state index in [0.717, 1.165) is 5.56 Å². The summed E-state index contributed by atoms with van der Waals surface area (Å²) in [6.45, 7) is 2.19. The number of amides is 2. The Morgan fingerprint density at radius 2 is 1.73 bits per heavy atom. The highest BCUT2D eigenvalue weighted by Gasteiger charge is 2.11. The van der Waals surface area contributed by atoms with Crippen LogP contribution in [-0.4, -0.2) is 32.0 Å². The van der Waals surface area contributed by atoms with E-state index in [1.165, 1.54) is 17.8 Å². The highest BCUT2D eigenvalue weighted by molar-refractivity contribution is 5.87. The third kappa shape index (κ3) is 4.05. The van der Waals surface area contributed by atoms with Crippen molar-refractivity contribution < 1.29 is 9.59 Å². The van der Waals surface area contributed by atoms with Crippen molar-refractivity contribution in [2.45, 2.75) is 13.0 Å². The molecule has 2 amide bonds. The summed E-state index contributed by atoms with van der Waals surface area (Å²) >= 11 is 0. The summed E-state index contributed by atoms with van der Waals surface area (Å²) in [4.78, 5) is 22.8. The van der Waals surface area contributed by atoms with E-state index in [9.17, 15) is 9.59 Å². The Labute approximate surface area is 130 Å². The zero-order valence-electron chi connectivity index (χ0n) is 12.8. The van der Waals surface area contributed by atoms with Crippen molar-refractivity contribution >= 4 is 22.6 Å². The normalized spacial score (nSPS) is 11.9. The lowest BCUT2D eigenvalue weighted by Gasteiger charge is -2.16. The van der Waals surface area contributed by atoms with Crippen LogP contribution in [0.5, 0.6) is 0 Å². The van der Waals surface area contributed by atoms with Gasteiger partial charge in [-0.3, -0.25) is 9.59 Å². The number of benzene rings is 2. The number of hydrogen-bond donors (Lipinski definition) is 3. The Morgan fingerprint density at radius 3 is 2.50 bits per heavy atom. The Hall–Kier alpha value is -2.40. The molecule has 0 radical (unpaired) electrons. The molecule has 0 aromatic heterocycles. The lowest BCUT2D eigenvalue weighted by Crippen LogP contribution is -2.40. The van der Waals surface area contributed by atoms with Crippen molar-refractivity contribution in [1.29, 1.82) is 0 Å². The molecule has 0 aliphatic carbocycles. The standard InChI is InChI=1S/C17H21N3O2/c1-12(19-11-17(22)20-10-16(21)18-2)14-9-5-7-13-6-3-4-8-15(13)14/h3-9,12,19H,10-11H2,1-2H3,(H,18,21)(H,20,22)/t12-/m1/s1. The monoisotopic (exact) mass is 299 g/mol. The van der Waals surface area contributed by atoms with E-state index >= 15 is 0 Å². The summed E-state index contributed by atoms with van der Waals surface area (Å²) in [6.07, 6.45) is 0. The molecule has 0 saturated carbocycles. The summed E-state index contributed by atoms with van der Waals surface area (Å²) in [5.74, 6) is -0.411. The number of nitrogens with one attached hydrogen (secondary N) is 3. The lowest BCUT2D eigenvalue weighted by molar-refractivity contribution is -0.125. The second kappa shape index (κ2) is 7.56. The molecule has 0 aliphatic rings. The van der Waals surface area contributed by atoms with Crippen molar-refractivity contribution in [2.24, 2.45) is 0 Å². The van der Waals surface area contributed by atoms with E-state index in [2.05, 4.69) is 40.2 Å². The molecule has 2 aromatic rings. The minimum Gasteiger partial charge on any atom is -0.358 e. The van der Waals surface area contributed by atoms with E-state index in [1.54, 1.807) is 0 Å². The molecule has 0 aliphatic heterocycles. The fraction of sp³-hybridized carbons (Fsp3) is 0.294. The van der Waals surface area contributed by atoms with Gasteiger partial charge in [0.1, 0.15) is 0 Å². The van der Waals surface area contributed by atoms with Crippen LogP contribution in [0, 0.1) is 0 Å². The van der Waals surface area contributed by atoms with Crippen molar-refractivity contribution in [1.82, 2.24) is 16.0 Å². The molecule has 0 unspecified atom stereocenters. The van der Waals surface area contributed by atoms with Crippen molar-refractivity contribution in [3.8, 4) is 0 Å². The van der Waals surface area contributed by atoms with Gasteiger partial charge in [-0.1, -0.05) is 42.5 Å². The minimum absolute atomic E-state index is 0.000335. The zero-order valence-corrected chi connectivity index (χ0v) is 12.8. The van der Waals surface area contributed by atoms with Gasteiger partial charge in [0.05, 0.1) is 13.1 Å². The van der Waals surface area contributed by atoms with Gasteiger partial charge >= 0.3 is 0 Å². The molecule has 1 atom stereocenters. The summed E-state index contributed by atoms with van der Waals surface area (Å²) in [7, 11) is 1.54. The van der Waals surface area contributed by atoms with Gasteiger partial charge < -0.3 is 16.0 Å². The SMILES string of the molecule is CNC(=O)CNC(=O)CN[C@H](C)c1cccc2ccccc12. The molecule has 2 aromatic carbocycles. The van der Waals surface area contributed by atoms with Gasteiger partial charge in [-0.05, 0) is 23.3 Å². The van der Waals surface area contributed by atoms with E-state index in [4.69, 9.17) is 0 Å². The van der Waals surface area contributed by atoms with Crippen LogP contribution in [0.4, 0.5) is 0 Å². The van der Waals surface area contributed by atoms with Crippen molar-refractivity contribution in [3.63, 3.8) is 0 Å². The van der Waals surface area contributed by atoms with Crippen LogP contribution in [0.2, 0.25) is 0 Å². The smallest absolute Gasteiger partial charge is 0.239 e. The van der Waals surface area contributed by atoms with Gasteiger partial charge in [0.15, 0.2) is 0 Å². The molecule has 2 rings (SSSR count). The second-order valence-corrected chi connectivity index (χ2v) is 5.12. The highest BCUT2D eigenvalue weighted by Crippen LogP contribution is 2.23. The van der Waals surface area contributed by atoms with Gasteiger partial charge in [-0.2, -0.15) is 0 Å². The quantitative estimate of drug-likeness (QED) is 0.754. The number of hydrogen-bond acceptors (Lipinski definition) is 3. The van der Waals surface area contributed by atoms with Crippen molar-refractivity contribution in [3.05, 3.63) is 48.0 Å². The molecular formula is C17H21N3O2. The number of rotatable bonds is 6. The summed E-state index contributed by atoms with van der Waals surface area (Å²) in [5, 5.41) is 10.6. The topological polar surface area (TPSA) is 70.2 Å². The largest absolute Gasteiger partial charge is 0.358 e. The Morgan fingerprint density at radius 1 is 1.00 bits per heavy atom. The maximum atomic E-state index is 11.7. The summed E-state index contributed by atoms with van der Waals surface area (Å²) in [5.41, 5.74) is 1.15. The van der Waals surface area contributed by atoms with Gasteiger partial charge in [0, 0.05) is 13.1 Å². The van der Waals surface area contributed by atoms with Crippen LogP contribution in [0.3, 0.4) is 0 Å². The maximum Gasteiger partial charge on any atom is 0.239 e. The van der Waals surface area contributed by atoms with E-state index in [0.29, 0.717) is 0 Å². The average molecular weight is 299 g/mol. The molecule has 0 fully saturated rings. The first kappa shape index (κ1) is 16.0. The molecule has 0 spiro atoms. The third-order valence-corrected chi connectivity index (χ3v) is 3.58. The van der Waals surface area contributed by atoms with Crippen LogP contribution >= 0.6 is 0 Å². The minimum atomic E-state index is -0.213.